The van der Waals surface area contributed by atoms with Crippen LogP contribution in [0, 0.1) is 0 Å². The van der Waals surface area contributed by atoms with Crippen molar-refractivity contribution in [2.45, 2.75) is 10.9 Å². The van der Waals surface area contributed by atoms with E-state index < -0.39 is 0 Å². The molecule has 2 aromatic carbocycles. The van der Waals surface area contributed by atoms with Gasteiger partial charge in [0.25, 0.3) is 0 Å². The first-order chi connectivity index (χ1) is 8.74. The molecule has 2 aromatic rings. The summed E-state index contributed by atoms with van der Waals surface area (Å²) in [5.74, 6) is 0.851. The van der Waals surface area contributed by atoms with Crippen molar-refractivity contribution in [1.82, 2.24) is 0 Å². The summed E-state index contributed by atoms with van der Waals surface area (Å²) in [7, 11) is 1.66. The molecule has 0 bridgehead atoms. The molecule has 1 atom stereocenters. The summed E-state index contributed by atoms with van der Waals surface area (Å²) in [5, 5.41) is 0. The van der Waals surface area contributed by atoms with E-state index in [1.165, 1.54) is 4.90 Å². The third-order valence-electron chi connectivity index (χ3n) is 2.95. The Balaban J connectivity index is 2.20. The number of hydrogen-bond acceptors (Lipinski definition) is 3. The Bertz CT molecular complexity index is 445. The lowest BCUT2D eigenvalue weighted by Gasteiger charge is -2.13. The molecule has 0 aliphatic carbocycles. The number of methoxy groups -OCH3 is 1. The second-order valence-corrected chi connectivity index (χ2v) is 4.90. The van der Waals surface area contributed by atoms with Gasteiger partial charge in [0.2, 0.25) is 0 Å². The molecule has 2 N–H and O–H groups in total. The molecule has 2 rings (SSSR count). The Morgan fingerprint density at radius 1 is 0.944 bits per heavy atom. The maximum absolute atomic E-state index is 6.25. The molecule has 0 saturated heterocycles. The minimum Gasteiger partial charge on any atom is -0.497 e. The Labute approximate surface area is 112 Å². The van der Waals surface area contributed by atoms with Crippen molar-refractivity contribution in [3.63, 3.8) is 0 Å². The van der Waals surface area contributed by atoms with E-state index in [-0.39, 0.29) is 6.04 Å². The first-order valence-electron chi connectivity index (χ1n) is 5.78. The van der Waals surface area contributed by atoms with Crippen molar-refractivity contribution >= 4 is 11.8 Å². The highest BCUT2D eigenvalue weighted by Crippen LogP contribution is 2.24. The number of rotatable bonds is 4. The first kappa shape index (κ1) is 13.0. The molecule has 0 heterocycles. The summed E-state index contributed by atoms with van der Waals surface area (Å²) in [6.07, 6.45) is 2.07. The summed E-state index contributed by atoms with van der Waals surface area (Å²) >= 11 is 1.73. The van der Waals surface area contributed by atoms with Crippen LogP contribution in [0.5, 0.6) is 5.75 Å². The van der Waals surface area contributed by atoms with E-state index in [0.29, 0.717) is 0 Å². The van der Waals surface area contributed by atoms with Gasteiger partial charge in [0.05, 0.1) is 13.2 Å². The number of hydrogen-bond donors (Lipinski definition) is 1. The van der Waals surface area contributed by atoms with Gasteiger partial charge in [-0.05, 0) is 41.6 Å². The molecule has 1 unspecified atom stereocenters. The summed E-state index contributed by atoms with van der Waals surface area (Å²) in [6.45, 7) is 0. The van der Waals surface area contributed by atoms with Gasteiger partial charge in [-0.2, -0.15) is 0 Å². The molecule has 3 heteroatoms. The lowest BCUT2D eigenvalue weighted by molar-refractivity contribution is 0.414. The lowest BCUT2D eigenvalue weighted by Crippen LogP contribution is -2.11. The normalized spacial score (nSPS) is 12.2. The van der Waals surface area contributed by atoms with Crippen molar-refractivity contribution < 1.29 is 4.74 Å². The Morgan fingerprint density at radius 3 is 1.89 bits per heavy atom. The molecule has 0 amide bonds. The van der Waals surface area contributed by atoms with Crippen molar-refractivity contribution in [2.24, 2.45) is 5.73 Å². The molecule has 0 aromatic heterocycles. The van der Waals surface area contributed by atoms with Crippen LogP contribution in [0.2, 0.25) is 0 Å². The van der Waals surface area contributed by atoms with Crippen LogP contribution >= 0.6 is 11.8 Å². The molecule has 18 heavy (non-hydrogen) atoms. The molecule has 0 fully saturated rings. The number of benzene rings is 2. The molecule has 94 valence electrons. The maximum atomic E-state index is 6.25. The number of nitrogens with two attached hydrogens (primary N) is 1. The van der Waals surface area contributed by atoms with Crippen molar-refractivity contribution in [1.29, 1.82) is 0 Å². The average Bonchev–Trinajstić information content (AvgIpc) is 2.47. The quantitative estimate of drug-likeness (QED) is 0.854. The Kier molecular flexibility index (Phi) is 4.28. The fraction of sp³-hybridized carbons (Fsp3) is 0.200. The predicted octanol–water partition coefficient (Wildman–Crippen LogP) is 3.47. The van der Waals surface area contributed by atoms with Crippen LogP contribution in [-0.2, 0) is 0 Å². The van der Waals surface area contributed by atoms with Gasteiger partial charge in [-0.3, -0.25) is 0 Å². The summed E-state index contributed by atoms with van der Waals surface area (Å²) in [6, 6.07) is 16.2. The minimum absolute atomic E-state index is 0.0909. The zero-order valence-corrected chi connectivity index (χ0v) is 11.4. The largest absolute Gasteiger partial charge is 0.497 e. The topological polar surface area (TPSA) is 35.2 Å². The van der Waals surface area contributed by atoms with E-state index in [0.717, 1.165) is 16.9 Å². The molecule has 0 radical (unpaired) electrons. The lowest BCUT2D eigenvalue weighted by atomic mass is 10.00. The highest BCUT2D eigenvalue weighted by atomic mass is 32.2. The van der Waals surface area contributed by atoms with Gasteiger partial charge < -0.3 is 10.5 Å². The third kappa shape index (κ3) is 2.86. The zero-order chi connectivity index (χ0) is 13.0. The second kappa shape index (κ2) is 5.94. The second-order valence-electron chi connectivity index (χ2n) is 4.02. The number of ether oxygens (including phenoxy) is 1. The van der Waals surface area contributed by atoms with Gasteiger partial charge in [0.15, 0.2) is 0 Å². The van der Waals surface area contributed by atoms with Crippen LogP contribution in [-0.4, -0.2) is 13.4 Å². The zero-order valence-electron chi connectivity index (χ0n) is 10.6. The van der Waals surface area contributed by atoms with Gasteiger partial charge in [-0.1, -0.05) is 24.3 Å². The van der Waals surface area contributed by atoms with Gasteiger partial charge in [-0.15, -0.1) is 11.8 Å². The van der Waals surface area contributed by atoms with Gasteiger partial charge >= 0.3 is 0 Å². The van der Waals surface area contributed by atoms with Crippen LogP contribution in [0.3, 0.4) is 0 Å². The fourth-order valence-electron chi connectivity index (χ4n) is 1.81. The molecular weight excluding hydrogens is 242 g/mol. The minimum atomic E-state index is -0.0909. The summed E-state index contributed by atoms with van der Waals surface area (Å²) < 4.78 is 5.14. The average molecular weight is 259 g/mol. The van der Waals surface area contributed by atoms with Gasteiger partial charge in [0.1, 0.15) is 5.75 Å². The Hall–Kier alpha value is -1.45. The third-order valence-corrected chi connectivity index (χ3v) is 3.69. The monoisotopic (exact) mass is 259 g/mol. The van der Waals surface area contributed by atoms with E-state index in [9.17, 15) is 0 Å². The molecule has 2 nitrogen and oxygen atoms in total. The molecule has 0 aliphatic heterocycles. The van der Waals surface area contributed by atoms with Gasteiger partial charge in [-0.25, -0.2) is 0 Å². The van der Waals surface area contributed by atoms with Crippen molar-refractivity contribution in [3.05, 3.63) is 59.7 Å². The van der Waals surface area contributed by atoms with Crippen LogP contribution in [0.1, 0.15) is 17.2 Å². The number of thioether (sulfide) groups is 1. The smallest absolute Gasteiger partial charge is 0.118 e. The van der Waals surface area contributed by atoms with Gasteiger partial charge in [0, 0.05) is 4.90 Å². The van der Waals surface area contributed by atoms with Crippen LogP contribution in [0.25, 0.3) is 0 Å². The van der Waals surface area contributed by atoms with Crippen LogP contribution < -0.4 is 10.5 Å². The van der Waals surface area contributed by atoms with E-state index in [1.807, 2.05) is 24.3 Å². The van der Waals surface area contributed by atoms with E-state index >= 15 is 0 Å². The van der Waals surface area contributed by atoms with E-state index in [2.05, 4.69) is 30.5 Å². The predicted molar refractivity (Wildman–Crippen MR) is 77.2 cm³/mol. The molecule has 0 spiro atoms. The fourth-order valence-corrected chi connectivity index (χ4v) is 2.22. The van der Waals surface area contributed by atoms with E-state index in [1.54, 1.807) is 18.9 Å². The highest BCUT2D eigenvalue weighted by molar-refractivity contribution is 7.98. The molecule has 0 aliphatic rings. The van der Waals surface area contributed by atoms with Crippen molar-refractivity contribution in [3.8, 4) is 5.75 Å². The van der Waals surface area contributed by atoms with Crippen molar-refractivity contribution in [2.75, 3.05) is 13.4 Å². The molecular formula is C15H17NOS. The Morgan fingerprint density at radius 2 is 1.44 bits per heavy atom. The first-order valence-corrected chi connectivity index (χ1v) is 7.00. The summed E-state index contributed by atoms with van der Waals surface area (Å²) in [5.41, 5.74) is 8.47. The standard InChI is InChI=1S/C15H17NOS/c1-17-13-7-3-11(4-8-13)15(16)12-5-9-14(18-2)10-6-12/h3-10,15H,16H2,1-2H3. The van der Waals surface area contributed by atoms with E-state index in [4.69, 9.17) is 10.5 Å². The maximum Gasteiger partial charge on any atom is 0.118 e. The van der Waals surface area contributed by atoms with Crippen LogP contribution in [0.15, 0.2) is 53.4 Å². The molecule has 0 saturated carbocycles. The SMILES string of the molecule is COc1ccc(C(N)c2ccc(SC)cc2)cc1. The van der Waals surface area contributed by atoms with Crippen LogP contribution in [0.4, 0.5) is 0 Å². The summed E-state index contributed by atoms with van der Waals surface area (Å²) in [4.78, 5) is 1.25. The highest BCUT2D eigenvalue weighted by Gasteiger charge is 2.08.